The molecule has 3 nitrogen and oxygen atoms in total. The monoisotopic (exact) mass is 263 g/mol. The average Bonchev–Trinajstić information content (AvgIpc) is 2.32. The summed E-state index contributed by atoms with van der Waals surface area (Å²) in [7, 11) is 0. The van der Waals surface area contributed by atoms with E-state index < -0.39 is 5.97 Å². The number of carbonyl (C=O) groups is 1. The number of nitrogens with zero attached hydrogens (tertiary/aromatic N) is 1. The van der Waals surface area contributed by atoms with Crippen LogP contribution in [0.1, 0.15) is 37.8 Å². The van der Waals surface area contributed by atoms with Crippen LogP contribution in [0.3, 0.4) is 0 Å². The Hall–Kier alpha value is -1.51. The largest absolute Gasteiger partial charge is 0.481 e. The highest BCUT2D eigenvalue weighted by Gasteiger charge is 2.10. The summed E-state index contributed by atoms with van der Waals surface area (Å²) in [6.45, 7) is 10.1. The van der Waals surface area contributed by atoms with Crippen molar-refractivity contribution in [3.8, 4) is 0 Å². The van der Waals surface area contributed by atoms with Crippen molar-refractivity contribution in [3.63, 3.8) is 0 Å². The van der Waals surface area contributed by atoms with Gasteiger partial charge >= 0.3 is 5.97 Å². The van der Waals surface area contributed by atoms with Crippen molar-refractivity contribution in [1.29, 1.82) is 0 Å². The Labute approximate surface area is 116 Å². The molecule has 0 bridgehead atoms. The summed E-state index contributed by atoms with van der Waals surface area (Å²) < 4.78 is 0. The summed E-state index contributed by atoms with van der Waals surface area (Å²) in [5.41, 5.74) is 3.65. The van der Waals surface area contributed by atoms with Gasteiger partial charge in [-0.05, 0) is 49.4 Å². The summed E-state index contributed by atoms with van der Waals surface area (Å²) in [4.78, 5) is 12.9. The van der Waals surface area contributed by atoms with E-state index in [0.717, 1.165) is 18.7 Å². The number of carboxylic acid groups (broad SMARTS) is 1. The predicted octanol–water partition coefficient (Wildman–Crippen LogP) is 3.63. The standard InChI is InChI=1S/C16H25NO2/c1-12(2)7-9-17(10-8-16(18)19)15-6-5-13(3)14(4)11-15/h5-6,11-12H,7-10H2,1-4H3,(H,18,19). The van der Waals surface area contributed by atoms with Crippen molar-refractivity contribution in [3.05, 3.63) is 29.3 Å². The Morgan fingerprint density at radius 2 is 1.89 bits per heavy atom. The molecule has 0 amide bonds. The van der Waals surface area contributed by atoms with Crippen molar-refractivity contribution in [2.75, 3.05) is 18.0 Å². The Morgan fingerprint density at radius 3 is 2.42 bits per heavy atom. The van der Waals surface area contributed by atoms with Crippen LogP contribution >= 0.6 is 0 Å². The van der Waals surface area contributed by atoms with Gasteiger partial charge in [-0.1, -0.05) is 19.9 Å². The minimum Gasteiger partial charge on any atom is -0.481 e. The topological polar surface area (TPSA) is 40.5 Å². The number of carboxylic acids is 1. The van der Waals surface area contributed by atoms with Crippen LogP contribution < -0.4 is 4.90 Å². The Kier molecular flexibility index (Phi) is 5.87. The summed E-state index contributed by atoms with van der Waals surface area (Å²) in [5.74, 6) is -0.114. The van der Waals surface area contributed by atoms with Crippen molar-refractivity contribution in [2.45, 2.75) is 40.5 Å². The van der Waals surface area contributed by atoms with Gasteiger partial charge in [0.15, 0.2) is 0 Å². The minimum absolute atomic E-state index is 0.186. The molecule has 3 heteroatoms. The van der Waals surface area contributed by atoms with Gasteiger partial charge in [-0.3, -0.25) is 4.79 Å². The van der Waals surface area contributed by atoms with Crippen LogP contribution in [0.4, 0.5) is 5.69 Å². The predicted molar refractivity (Wildman–Crippen MR) is 79.8 cm³/mol. The van der Waals surface area contributed by atoms with E-state index >= 15 is 0 Å². The van der Waals surface area contributed by atoms with E-state index in [1.54, 1.807) is 0 Å². The molecular weight excluding hydrogens is 238 g/mol. The van der Waals surface area contributed by atoms with E-state index in [4.69, 9.17) is 5.11 Å². The zero-order chi connectivity index (χ0) is 14.4. The molecule has 0 spiro atoms. The molecule has 1 aromatic carbocycles. The van der Waals surface area contributed by atoms with Crippen LogP contribution in [0.25, 0.3) is 0 Å². The van der Waals surface area contributed by atoms with Crippen LogP contribution in [0.5, 0.6) is 0 Å². The summed E-state index contributed by atoms with van der Waals surface area (Å²) in [6.07, 6.45) is 1.26. The first-order valence-electron chi connectivity index (χ1n) is 6.94. The maximum absolute atomic E-state index is 10.8. The molecule has 0 fully saturated rings. The number of rotatable bonds is 7. The molecule has 0 aliphatic heterocycles. The fourth-order valence-electron chi connectivity index (χ4n) is 1.94. The second kappa shape index (κ2) is 7.17. The first kappa shape index (κ1) is 15.5. The molecule has 0 aliphatic carbocycles. The zero-order valence-electron chi connectivity index (χ0n) is 12.4. The molecule has 0 radical (unpaired) electrons. The third kappa shape index (κ3) is 5.33. The number of aryl methyl sites for hydroxylation is 2. The van der Waals surface area contributed by atoms with Gasteiger partial charge in [0, 0.05) is 18.8 Å². The maximum Gasteiger partial charge on any atom is 0.305 e. The van der Waals surface area contributed by atoms with E-state index in [1.165, 1.54) is 11.1 Å². The molecular formula is C16H25NO2. The van der Waals surface area contributed by atoms with Crippen LogP contribution in [-0.4, -0.2) is 24.2 Å². The third-order valence-corrected chi connectivity index (χ3v) is 3.43. The van der Waals surface area contributed by atoms with Gasteiger partial charge in [-0.25, -0.2) is 0 Å². The van der Waals surface area contributed by atoms with Gasteiger partial charge in [0.2, 0.25) is 0 Å². The van der Waals surface area contributed by atoms with E-state index in [-0.39, 0.29) is 6.42 Å². The fraction of sp³-hybridized carbons (Fsp3) is 0.562. The smallest absolute Gasteiger partial charge is 0.305 e. The molecule has 0 saturated heterocycles. The molecule has 0 aromatic heterocycles. The van der Waals surface area contributed by atoms with E-state index in [9.17, 15) is 4.79 Å². The molecule has 0 aliphatic rings. The van der Waals surface area contributed by atoms with Crippen LogP contribution in [0.2, 0.25) is 0 Å². The quantitative estimate of drug-likeness (QED) is 0.816. The van der Waals surface area contributed by atoms with E-state index in [1.807, 2.05) is 0 Å². The summed E-state index contributed by atoms with van der Waals surface area (Å²) >= 11 is 0. The highest BCUT2D eigenvalue weighted by Crippen LogP contribution is 2.20. The number of anilines is 1. The van der Waals surface area contributed by atoms with Crippen LogP contribution in [-0.2, 0) is 4.79 Å². The minimum atomic E-state index is -0.738. The highest BCUT2D eigenvalue weighted by molar-refractivity contribution is 5.67. The maximum atomic E-state index is 10.8. The Bertz CT molecular complexity index is 427. The second-order valence-corrected chi connectivity index (χ2v) is 5.58. The fourth-order valence-corrected chi connectivity index (χ4v) is 1.94. The van der Waals surface area contributed by atoms with Crippen molar-refractivity contribution in [1.82, 2.24) is 0 Å². The van der Waals surface area contributed by atoms with Crippen molar-refractivity contribution < 1.29 is 9.90 Å². The van der Waals surface area contributed by atoms with Crippen LogP contribution in [0, 0.1) is 19.8 Å². The van der Waals surface area contributed by atoms with Gasteiger partial charge in [-0.15, -0.1) is 0 Å². The average molecular weight is 263 g/mol. The molecule has 0 atom stereocenters. The summed E-state index contributed by atoms with van der Waals surface area (Å²) in [6, 6.07) is 6.34. The van der Waals surface area contributed by atoms with Crippen LogP contribution in [0.15, 0.2) is 18.2 Å². The molecule has 1 N–H and O–H groups in total. The lowest BCUT2D eigenvalue weighted by Crippen LogP contribution is -2.28. The molecule has 0 saturated carbocycles. The number of benzene rings is 1. The first-order valence-corrected chi connectivity index (χ1v) is 6.94. The van der Waals surface area contributed by atoms with Gasteiger partial charge < -0.3 is 10.0 Å². The van der Waals surface area contributed by atoms with Crippen molar-refractivity contribution >= 4 is 11.7 Å². The van der Waals surface area contributed by atoms with Crippen molar-refractivity contribution in [2.24, 2.45) is 5.92 Å². The molecule has 1 rings (SSSR count). The second-order valence-electron chi connectivity index (χ2n) is 5.58. The Morgan fingerprint density at radius 1 is 1.21 bits per heavy atom. The Balaban J connectivity index is 2.80. The van der Waals surface area contributed by atoms with E-state index in [0.29, 0.717) is 12.5 Å². The molecule has 19 heavy (non-hydrogen) atoms. The van der Waals surface area contributed by atoms with Gasteiger partial charge in [0.25, 0.3) is 0 Å². The normalized spacial score (nSPS) is 10.8. The SMILES string of the molecule is Cc1ccc(N(CCC(=O)O)CCC(C)C)cc1C. The highest BCUT2D eigenvalue weighted by atomic mass is 16.4. The van der Waals surface area contributed by atoms with Gasteiger partial charge in [0.05, 0.1) is 6.42 Å². The number of hydrogen-bond acceptors (Lipinski definition) is 2. The molecule has 106 valence electrons. The number of aliphatic carboxylic acids is 1. The lowest BCUT2D eigenvalue weighted by atomic mass is 10.1. The third-order valence-electron chi connectivity index (χ3n) is 3.43. The molecule has 0 unspecified atom stereocenters. The zero-order valence-corrected chi connectivity index (χ0v) is 12.4. The first-order chi connectivity index (χ1) is 8.90. The lowest BCUT2D eigenvalue weighted by molar-refractivity contribution is -0.136. The molecule has 0 heterocycles. The number of hydrogen-bond donors (Lipinski definition) is 1. The summed E-state index contributed by atoms with van der Waals surface area (Å²) in [5, 5.41) is 8.86. The lowest BCUT2D eigenvalue weighted by Gasteiger charge is -2.26. The van der Waals surface area contributed by atoms with Gasteiger partial charge in [0.1, 0.15) is 0 Å². The molecule has 1 aromatic rings. The van der Waals surface area contributed by atoms with Gasteiger partial charge in [-0.2, -0.15) is 0 Å². The van der Waals surface area contributed by atoms with E-state index in [2.05, 4.69) is 50.8 Å².